The number of unbranched alkanes of at least 4 members (excludes halogenated alkanes) is 4. The Labute approximate surface area is 188 Å². The molecule has 0 atom stereocenters. The summed E-state index contributed by atoms with van der Waals surface area (Å²) >= 11 is 10.2. The maximum Gasteiger partial charge on any atom is 0.136 e. The molecule has 0 saturated carbocycles. The van der Waals surface area contributed by atoms with Crippen LogP contribution in [0.5, 0.6) is 11.5 Å². The van der Waals surface area contributed by atoms with Gasteiger partial charge in [-0.2, -0.15) is 0 Å². The molecule has 4 nitrogen and oxygen atoms in total. The average Bonchev–Trinajstić information content (AvgIpc) is 2.58. The number of ether oxygens (including phenoxy) is 2. The summed E-state index contributed by atoms with van der Waals surface area (Å²) in [6.07, 6.45) is 7.49. The predicted octanol–water partition coefficient (Wildman–Crippen LogP) is 7.51. The Hall–Kier alpha value is -0.530. The summed E-state index contributed by atoms with van der Waals surface area (Å²) < 4.78 is 13.5. The van der Waals surface area contributed by atoms with Crippen molar-refractivity contribution in [3.8, 4) is 11.5 Å². The average molecular weight is 570 g/mol. The Morgan fingerprint density at radius 1 is 1.00 bits per heavy atom. The Kier molecular flexibility index (Phi) is 13.1. The zero-order valence-electron chi connectivity index (χ0n) is 16.2. The molecule has 152 valence electrons. The second-order valence-electron chi connectivity index (χ2n) is 6.34. The lowest BCUT2D eigenvalue weighted by atomic mass is 10.1. The zero-order valence-corrected chi connectivity index (χ0v) is 21.0. The van der Waals surface area contributed by atoms with Gasteiger partial charge in [-0.15, -0.1) is 0 Å². The van der Waals surface area contributed by atoms with E-state index in [4.69, 9.17) is 14.3 Å². The third-order valence-corrected chi connectivity index (χ3v) is 4.80. The van der Waals surface area contributed by atoms with E-state index in [-0.39, 0.29) is 0 Å². The summed E-state index contributed by atoms with van der Waals surface area (Å²) in [5.41, 5.74) is 2.02. The molecule has 0 spiro atoms. The van der Waals surface area contributed by atoms with Crippen LogP contribution in [0.15, 0.2) is 31.2 Å². The van der Waals surface area contributed by atoms with Crippen molar-refractivity contribution in [1.82, 2.24) is 0 Å². The molecule has 1 aromatic rings. The SMILES string of the molecule is CC(C)=NOCCCCCCCOc1c(C)cc(OCC=C(Br)Br)cc1Br. The monoisotopic (exact) mass is 567 g/mol. The van der Waals surface area contributed by atoms with Gasteiger partial charge in [-0.25, -0.2) is 0 Å². The molecule has 0 heterocycles. The first-order valence-corrected chi connectivity index (χ1v) is 11.5. The quantitative estimate of drug-likeness (QED) is 0.140. The lowest BCUT2D eigenvalue weighted by molar-refractivity contribution is 0.139. The molecule has 1 aromatic carbocycles. The third kappa shape index (κ3) is 11.8. The van der Waals surface area contributed by atoms with Crippen LogP contribution in [0.3, 0.4) is 0 Å². The van der Waals surface area contributed by atoms with Crippen molar-refractivity contribution in [2.75, 3.05) is 19.8 Å². The van der Waals surface area contributed by atoms with Crippen LogP contribution in [-0.4, -0.2) is 25.5 Å². The van der Waals surface area contributed by atoms with Gasteiger partial charge in [-0.1, -0.05) is 18.0 Å². The summed E-state index contributed by atoms with van der Waals surface area (Å²) in [5.74, 6) is 1.70. The number of benzene rings is 1. The van der Waals surface area contributed by atoms with Crippen LogP contribution >= 0.6 is 47.8 Å². The first-order chi connectivity index (χ1) is 12.9. The van der Waals surface area contributed by atoms with E-state index in [1.54, 1.807) is 0 Å². The number of rotatable bonds is 13. The molecule has 0 radical (unpaired) electrons. The molecule has 0 aliphatic rings. The lowest BCUT2D eigenvalue weighted by Gasteiger charge is -2.13. The highest BCUT2D eigenvalue weighted by molar-refractivity contribution is 9.28. The summed E-state index contributed by atoms with van der Waals surface area (Å²) in [4.78, 5) is 5.19. The summed E-state index contributed by atoms with van der Waals surface area (Å²) in [7, 11) is 0. The van der Waals surface area contributed by atoms with Crippen LogP contribution in [0.2, 0.25) is 0 Å². The van der Waals surface area contributed by atoms with Gasteiger partial charge < -0.3 is 14.3 Å². The van der Waals surface area contributed by atoms with Crippen LogP contribution in [-0.2, 0) is 4.84 Å². The predicted molar refractivity (Wildman–Crippen MR) is 124 cm³/mol. The Bertz CT molecular complexity index is 602. The number of halogens is 3. The van der Waals surface area contributed by atoms with E-state index in [1.807, 2.05) is 39.0 Å². The normalized spacial score (nSPS) is 10.3. The summed E-state index contributed by atoms with van der Waals surface area (Å²) in [6.45, 7) is 7.81. The second kappa shape index (κ2) is 14.5. The fourth-order valence-corrected chi connectivity index (χ4v) is 3.23. The van der Waals surface area contributed by atoms with E-state index in [1.165, 1.54) is 6.42 Å². The van der Waals surface area contributed by atoms with Crippen LogP contribution < -0.4 is 9.47 Å². The van der Waals surface area contributed by atoms with Crippen LogP contribution in [0.4, 0.5) is 0 Å². The largest absolute Gasteiger partial charge is 0.492 e. The number of hydrogen-bond donors (Lipinski definition) is 0. The van der Waals surface area contributed by atoms with Gasteiger partial charge in [0.25, 0.3) is 0 Å². The topological polar surface area (TPSA) is 40.0 Å². The molecule has 0 aliphatic heterocycles. The van der Waals surface area contributed by atoms with Crippen molar-refractivity contribution in [2.45, 2.75) is 52.9 Å². The molecular weight excluding hydrogens is 542 g/mol. The first-order valence-electron chi connectivity index (χ1n) is 9.10. The van der Waals surface area contributed by atoms with E-state index in [0.29, 0.717) is 13.2 Å². The van der Waals surface area contributed by atoms with E-state index in [2.05, 4.69) is 52.9 Å². The molecule has 0 unspecified atom stereocenters. The third-order valence-electron chi connectivity index (χ3n) is 3.56. The van der Waals surface area contributed by atoms with Crippen molar-refractivity contribution in [3.63, 3.8) is 0 Å². The Balaban J connectivity index is 2.24. The lowest BCUT2D eigenvalue weighted by Crippen LogP contribution is -2.01. The van der Waals surface area contributed by atoms with Gasteiger partial charge in [0.05, 0.1) is 20.2 Å². The maximum absolute atomic E-state index is 5.96. The van der Waals surface area contributed by atoms with Gasteiger partial charge in [-0.3, -0.25) is 0 Å². The number of nitrogens with zero attached hydrogens (tertiary/aromatic N) is 1. The van der Waals surface area contributed by atoms with Crippen molar-refractivity contribution in [1.29, 1.82) is 0 Å². The minimum atomic E-state index is 0.493. The summed E-state index contributed by atoms with van der Waals surface area (Å²) in [6, 6.07) is 3.94. The molecule has 0 saturated heterocycles. The van der Waals surface area contributed by atoms with Gasteiger partial charge in [-0.05, 0) is 112 Å². The fourth-order valence-electron chi connectivity index (χ4n) is 2.31. The molecule has 0 aliphatic carbocycles. The van der Waals surface area contributed by atoms with Crippen LogP contribution in [0.25, 0.3) is 0 Å². The molecular formula is C20H28Br3NO3. The van der Waals surface area contributed by atoms with E-state index >= 15 is 0 Å². The Morgan fingerprint density at radius 3 is 2.30 bits per heavy atom. The number of hydrogen-bond acceptors (Lipinski definition) is 4. The second-order valence-corrected chi connectivity index (χ2v) is 9.97. The zero-order chi connectivity index (χ0) is 20.1. The highest BCUT2D eigenvalue weighted by Crippen LogP contribution is 2.33. The van der Waals surface area contributed by atoms with E-state index < -0.39 is 0 Å². The minimum Gasteiger partial charge on any atom is -0.492 e. The summed E-state index contributed by atoms with van der Waals surface area (Å²) in [5, 5.41) is 3.93. The van der Waals surface area contributed by atoms with Crippen molar-refractivity contribution >= 4 is 53.5 Å². The fraction of sp³-hybridized carbons (Fsp3) is 0.550. The molecule has 27 heavy (non-hydrogen) atoms. The van der Waals surface area contributed by atoms with Crippen molar-refractivity contribution in [2.24, 2.45) is 5.16 Å². The van der Waals surface area contributed by atoms with Crippen molar-refractivity contribution < 1.29 is 14.3 Å². The Morgan fingerprint density at radius 2 is 1.67 bits per heavy atom. The maximum atomic E-state index is 5.96. The van der Waals surface area contributed by atoms with Gasteiger partial charge >= 0.3 is 0 Å². The minimum absolute atomic E-state index is 0.493. The molecule has 7 heteroatoms. The van der Waals surface area contributed by atoms with E-state index in [0.717, 1.165) is 62.9 Å². The van der Waals surface area contributed by atoms with Crippen molar-refractivity contribution in [3.05, 3.63) is 31.6 Å². The van der Waals surface area contributed by atoms with Gasteiger partial charge in [0.2, 0.25) is 0 Å². The number of aryl methyl sites for hydroxylation is 1. The number of oxime groups is 1. The molecule has 0 aromatic heterocycles. The molecule has 0 bridgehead atoms. The first kappa shape index (κ1) is 24.5. The highest BCUT2D eigenvalue weighted by atomic mass is 79.9. The molecule has 1 rings (SSSR count). The molecule has 0 fully saturated rings. The molecule has 0 amide bonds. The standard InChI is InChI=1S/C20H28Br3NO3/c1-15(2)24-27-11-8-6-4-5-7-10-26-20-16(3)13-17(14-18(20)21)25-12-9-19(22)23/h9,13-14H,4-8,10-12H2,1-3H3. The van der Waals surface area contributed by atoms with Crippen LogP contribution in [0, 0.1) is 6.92 Å². The van der Waals surface area contributed by atoms with Gasteiger partial charge in [0.15, 0.2) is 0 Å². The molecule has 0 N–H and O–H groups in total. The van der Waals surface area contributed by atoms with Crippen LogP contribution in [0.1, 0.15) is 51.5 Å². The highest BCUT2D eigenvalue weighted by Gasteiger charge is 2.08. The smallest absolute Gasteiger partial charge is 0.136 e. The van der Waals surface area contributed by atoms with Gasteiger partial charge in [0, 0.05) is 0 Å². The van der Waals surface area contributed by atoms with Gasteiger partial charge in [0.1, 0.15) is 24.7 Å². The van der Waals surface area contributed by atoms with E-state index in [9.17, 15) is 0 Å².